The summed E-state index contributed by atoms with van der Waals surface area (Å²) in [6.07, 6.45) is 1.96. The normalized spacial score (nSPS) is 17.4. The van der Waals surface area contributed by atoms with Gasteiger partial charge in [0.1, 0.15) is 11.6 Å². The van der Waals surface area contributed by atoms with Gasteiger partial charge in [-0.25, -0.2) is 8.78 Å². The number of anilines is 1. The number of piperidine rings is 1. The number of likely N-dealkylation sites (tertiary alicyclic amines) is 1. The summed E-state index contributed by atoms with van der Waals surface area (Å²) in [6, 6.07) is 18.7. The van der Waals surface area contributed by atoms with Crippen molar-refractivity contribution >= 4 is 23.2 Å². The van der Waals surface area contributed by atoms with Crippen LogP contribution < -0.4 is 4.90 Å². The Kier molecular flexibility index (Phi) is 5.94. The van der Waals surface area contributed by atoms with E-state index in [9.17, 15) is 13.6 Å². The van der Waals surface area contributed by atoms with Gasteiger partial charge in [0.15, 0.2) is 0 Å². The number of benzene rings is 3. The maximum absolute atomic E-state index is 14.3. The van der Waals surface area contributed by atoms with Gasteiger partial charge in [0.2, 0.25) is 5.91 Å². The molecular weight excluding hydrogens is 442 g/mol. The van der Waals surface area contributed by atoms with Crippen molar-refractivity contribution < 1.29 is 13.6 Å². The lowest BCUT2D eigenvalue weighted by Crippen LogP contribution is -2.46. The maximum atomic E-state index is 14.3. The fourth-order valence-corrected chi connectivity index (χ4v) is 5.28. The number of carbonyl (C=O) groups excluding carboxylic acids is 1. The summed E-state index contributed by atoms with van der Waals surface area (Å²) < 4.78 is 27.5. The van der Waals surface area contributed by atoms with Crippen LogP contribution >= 0.6 is 11.6 Å². The van der Waals surface area contributed by atoms with Crippen LogP contribution in [0.5, 0.6) is 0 Å². The van der Waals surface area contributed by atoms with Gasteiger partial charge in [0, 0.05) is 29.2 Å². The lowest BCUT2D eigenvalue weighted by atomic mass is 9.74. The minimum atomic E-state index is -0.270. The van der Waals surface area contributed by atoms with Gasteiger partial charge in [-0.15, -0.1) is 0 Å². The molecule has 6 heteroatoms. The summed E-state index contributed by atoms with van der Waals surface area (Å²) in [5, 5.41) is 0.638. The second-order valence-corrected chi connectivity index (χ2v) is 9.56. The third-order valence-corrected chi connectivity index (χ3v) is 7.24. The Labute approximate surface area is 197 Å². The number of rotatable bonds is 4. The van der Waals surface area contributed by atoms with Crippen molar-refractivity contribution in [1.82, 2.24) is 4.90 Å². The van der Waals surface area contributed by atoms with Crippen LogP contribution in [0, 0.1) is 11.6 Å². The molecule has 0 unspecified atom stereocenters. The van der Waals surface area contributed by atoms with Crippen molar-refractivity contribution in [1.29, 1.82) is 0 Å². The summed E-state index contributed by atoms with van der Waals surface area (Å²) in [5.74, 6) is -0.492. The van der Waals surface area contributed by atoms with E-state index < -0.39 is 0 Å². The highest BCUT2D eigenvalue weighted by molar-refractivity contribution is 6.30. The molecule has 0 bridgehead atoms. The number of halogens is 3. The average molecular weight is 467 g/mol. The number of hydrogen-bond acceptors (Lipinski definition) is 2. The van der Waals surface area contributed by atoms with E-state index in [1.807, 2.05) is 29.2 Å². The highest BCUT2D eigenvalue weighted by atomic mass is 35.5. The summed E-state index contributed by atoms with van der Waals surface area (Å²) in [6.45, 7) is 3.01. The summed E-state index contributed by atoms with van der Waals surface area (Å²) in [4.78, 5) is 17.4. The third kappa shape index (κ3) is 4.53. The molecule has 1 saturated heterocycles. The van der Waals surface area contributed by atoms with Crippen LogP contribution in [-0.4, -0.2) is 30.4 Å². The van der Waals surface area contributed by atoms with Crippen LogP contribution in [0.25, 0.3) is 0 Å². The molecule has 1 amide bonds. The largest absolute Gasteiger partial charge is 0.311 e. The van der Waals surface area contributed by atoms with Crippen LogP contribution in [0.1, 0.15) is 29.5 Å². The molecule has 0 aromatic heterocycles. The van der Waals surface area contributed by atoms with Crippen molar-refractivity contribution in [2.45, 2.75) is 31.2 Å². The molecule has 5 rings (SSSR count). The Hall–Kier alpha value is -2.76. The Bertz CT molecular complexity index is 1160. The van der Waals surface area contributed by atoms with E-state index in [1.54, 1.807) is 24.3 Å². The van der Waals surface area contributed by atoms with E-state index in [0.717, 1.165) is 54.9 Å². The van der Waals surface area contributed by atoms with Crippen molar-refractivity contribution in [2.24, 2.45) is 0 Å². The first-order valence-corrected chi connectivity index (χ1v) is 11.6. The van der Waals surface area contributed by atoms with E-state index >= 15 is 0 Å². The Balaban J connectivity index is 1.33. The van der Waals surface area contributed by atoms with Crippen LogP contribution in [0.15, 0.2) is 66.7 Å². The van der Waals surface area contributed by atoms with E-state index in [1.165, 1.54) is 18.2 Å². The van der Waals surface area contributed by atoms with Crippen LogP contribution in [0.3, 0.4) is 0 Å². The fourth-order valence-electron chi connectivity index (χ4n) is 5.15. The lowest BCUT2D eigenvalue weighted by Gasteiger charge is -2.40. The molecule has 3 nitrogen and oxygen atoms in total. The standard InChI is InChI=1S/C27H25ClF2N2O/c28-21-5-1-19(2-6-21)15-26(33)32-18-27(24-16-23(30)9-10-25(24)32)11-13-31(14-12-27)17-20-3-7-22(29)8-4-20/h1-10,16H,11-15,17-18H2. The third-order valence-electron chi connectivity index (χ3n) is 6.98. The molecule has 2 aliphatic heterocycles. The van der Waals surface area contributed by atoms with Crippen molar-refractivity contribution in [3.63, 3.8) is 0 Å². The molecule has 3 aromatic carbocycles. The highest BCUT2D eigenvalue weighted by Gasteiger charge is 2.46. The minimum Gasteiger partial charge on any atom is -0.311 e. The molecule has 0 N–H and O–H groups in total. The molecule has 3 aromatic rings. The van der Waals surface area contributed by atoms with Crippen molar-refractivity contribution in [2.75, 3.05) is 24.5 Å². The van der Waals surface area contributed by atoms with Gasteiger partial charge in [-0.05, 0) is 85.1 Å². The first-order chi connectivity index (χ1) is 15.9. The molecule has 0 radical (unpaired) electrons. The van der Waals surface area contributed by atoms with Gasteiger partial charge in [-0.2, -0.15) is 0 Å². The molecule has 2 heterocycles. The van der Waals surface area contributed by atoms with Crippen molar-refractivity contribution in [3.8, 4) is 0 Å². The molecule has 1 spiro atoms. The Morgan fingerprint density at radius 3 is 2.21 bits per heavy atom. The van der Waals surface area contributed by atoms with E-state index in [0.29, 0.717) is 11.6 Å². The van der Waals surface area contributed by atoms with Gasteiger partial charge < -0.3 is 4.90 Å². The number of fused-ring (bicyclic) bond motifs is 2. The van der Waals surface area contributed by atoms with E-state index in [-0.39, 0.29) is 29.4 Å². The Morgan fingerprint density at radius 1 is 0.879 bits per heavy atom. The summed E-state index contributed by atoms with van der Waals surface area (Å²) >= 11 is 5.97. The van der Waals surface area contributed by atoms with Crippen LogP contribution in [0.2, 0.25) is 5.02 Å². The number of amides is 1. The van der Waals surface area contributed by atoms with Crippen molar-refractivity contribution in [3.05, 3.63) is 100 Å². The molecule has 0 atom stereocenters. The predicted octanol–water partition coefficient (Wildman–Crippen LogP) is 5.74. The van der Waals surface area contributed by atoms with Crippen LogP contribution in [-0.2, 0) is 23.2 Å². The smallest absolute Gasteiger partial charge is 0.231 e. The molecule has 0 aliphatic carbocycles. The molecular formula is C27H25ClF2N2O. The molecule has 170 valence electrons. The topological polar surface area (TPSA) is 23.6 Å². The zero-order chi connectivity index (χ0) is 23.0. The van der Waals surface area contributed by atoms with Gasteiger partial charge >= 0.3 is 0 Å². The van der Waals surface area contributed by atoms with Crippen LogP contribution in [0.4, 0.5) is 14.5 Å². The first-order valence-electron chi connectivity index (χ1n) is 11.2. The van der Waals surface area contributed by atoms with Gasteiger partial charge in [0.05, 0.1) is 6.42 Å². The van der Waals surface area contributed by atoms with E-state index in [4.69, 9.17) is 11.6 Å². The van der Waals surface area contributed by atoms with Gasteiger partial charge in [-0.1, -0.05) is 35.9 Å². The first kappa shape index (κ1) is 22.1. The number of hydrogen-bond donors (Lipinski definition) is 0. The number of carbonyl (C=O) groups is 1. The van der Waals surface area contributed by atoms with Gasteiger partial charge in [-0.3, -0.25) is 9.69 Å². The quantitative estimate of drug-likeness (QED) is 0.489. The fraction of sp³-hybridized carbons (Fsp3) is 0.296. The maximum Gasteiger partial charge on any atom is 0.231 e. The molecule has 33 heavy (non-hydrogen) atoms. The highest BCUT2D eigenvalue weighted by Crippen LogP contribution is 2.47. The summed E-state index contributed by atoms with van der Waals surface area (Å²) in [7, 11) is 0. The second-order valence-electron chi connectivity index (χ2n) is 9.13. The van der Waals surface area contributed by atoms with E-state index in [2.05, 4.69) is 4.90 Å². The lowest BCUT2D eigenvalue weighted by molar-refractivity contribution is -0.118. The zero-order valence-corrected chi connectivity index (χ0v) is 19.0. The number of nitrogens with zero attached hydrogens (tertiary/aromatic N) is 2. The molecule has 1 fully saturated rings. The predicted molar refractivity (Wildman–Crippen MR) is 126 cm³/mol. The Morgan fingerprint density at radius 2 is 1.52 bits per heavy atom. The summed E-state index contributed by atoms with van der Waals surface area (Å²) in [5.41, 5.74) is 3.50. The zero-order valence-electron chi connectivity index (χ0n) is 18.2. The SMILES string of the molecule is O=C(Cc1ccc(Cl)cc1)N1CC2(CCN(Cc3ccc(F)cc3)CC2)c2cc(F)ccc21. The molecule has 0 saturated carbocycles. The monoisotopic (exact) mass is 466 g/mol. The minimum absolute atomic E-state index is 0.01000. The second kappa shape index (κ2) is 8.88. The van der Waals surface area contributed by atoms with Gasteiger partial charge in [0.25, 0.3) is 0 Å². The average Bonchev–Trinajstić information content (AvgIpc) is 3.12. The molecule has 2 aliphatic rings.